The Hall–Kier alpha value is -1.13. The SMILES string of the molecule is Cc1ccccc1-c1ccccc1P(C)C. The molecule has 0 aromatic heterocycles. The second-order valence-corrected chi connectivity index (χ2v) is 6.50. The summed E-state index contributed by atoms with van der Waals surface area (Å²) >= 11 is 0. The van der Waals surface area contributed by atoms with E-state index in [1.54, 1.807) is 0 Å². The van der Waals surface area contributed by atoms with Crippen molar-refractivity contribution in [2.75, 3.05) is 13.3 Å². The minimum atomic E-state index is -0.0524. The van der Waals surface area contributed by atoms with Gasteiger partial charge in [-0.15, -0.1) is 0 Å². The van der Waals surface area contributed by atoms with Crippen LogP contribution in [0, 0.1) is 6.92 Å². The molecule has 0 unspecified atom stereocenters. The van der Waals surface area contributed by atoms with Crippen LogP contribution in [0.2, 0.25) is 0 Å². The number of rotatable bonds is 2. The Morgan fingerprint density at radius 1 is 0.750 bits per heavy atom. The molecule has 0 N–H and O–H groups in total. The molecule has 16 heavy (non-hydrogen) atoms. The lowest BCUT2D eigenvalue weighted by Gasteiger charge is -2.14. The average molecular weight is 228 g/mol. The fourth-order valence-electron chi connectivity index (χ4n) is 1.97. The predicted molar refractivity (Wildman–Crippen MR) is 75.0 cm³/mol. The van der Waals surface area contributed by atoms with E-state index >= 15 is 0 Å². The molecular weight excluding hydrogens is 211 g/mol. The van der Waals surface area contributed by atoms with Gasteiger partial charge in [0.05, 0.1) is 0 Å². The van der Waals surface area contributed by atoms with Crippen LogP contribution in [0.5, 0.6) is 0 Å². The summed E-state index contributed by atoms with van der Waals surface area (Å²) in [6.07, 6.45) is 0. The Balaban J connectivity index is 2.60. The van der Waals surface area contributed by atoms with Crippen LogP contribution in [-0.2, 0) is 0 Å². The monoisotopic (exact) mass is 228 g/mol. The average Bonchev–Trinajstić information content (AvgIpc) is 2.29. The van der Waals surface area contributed by atoms with Crippen LogP contribution in [0.4, 0.5) is 0 Å². The molecule has 0 amide bonds. The van der Waals surface area contributed by atoms with E-state index in [2.05, 4.69) is 68.8 Å². The zero-order valence-electron chi connectivity index (χ0n) is 10.1. The lowest BCUT2D eigenvalue weighted by Crippen LogP contribution is -2.03. The molecular formula is C15H17P. The third-order valence-electron chi connectivity index (χ3n) is 2.82. The fourth-order valence-corrected chi connectivity index (χ4v) is 3.03. The van der Waals surface area contributed by atoms with Gasteiger partial charge in [-0.25, -0.2) is 0 Å². The number of hydrogen-bond donors (Lipinski definition) is 0. The van der Waals surface area contributed by atoms with Crippen LogP contribution >= 0.6 is 7.92 Å². The molecule has 0 nitrogen and oxygen atoms in total. The molecule has 82 valence electrons. The Morgan fingerprint density at radius 3 is 1.94 bits per heavy atom. The highest BCUT2D eigenvalue weighted by atomic mass is 31.1. The third kappa shape index (κ3) is 2.18. The Kier molecular flexibility index (Phi) is 3.41. The van der Waals surface area contributed by atoms with Crippen molar-refractivity contribution in [1.29, 1.82) is 0 Å². The van der Waals surface area contributed by atoms with Crippen molar-refractivity contribution in [1.82, 2.24) is 0 Å². The van der Waals surface area contributed by atoms with Crippen LogP contribution < -0.4 is 5.30 Å². The molecule has 0 bridgehead atoms. The van der Waals surface area contributed by atoms with Gasteiger partial charge >= 0.3 is 0 Å². The summed E-state index contributed by atoms with van der Waals surface area (Å²) in [6, 6.07) is 17.4. The van der Waals surface area contributed by atoms with Crippen molar-refractivity contribution in [3.05, 3.63) is 54.1 Å². The first-order valence-electron chi connectivity index (χ1n) is 5.52. The maximum absolute atomic E-state index is 2.31. The number of hydrogen-bond acceptors (Lipinski definition) is 0. The normalized spacial score (nSPS) is 10.8. The smallest absolute Gasteiger partial charge is 0.0105 e. The maximum atomic E-state index is 2.31. The Labute approximate surface area is 99.1 Å². The van der Waals surface area contributed by atoms with Gasteiger partial charge in [0.15, 0.2) is 0 Å². The van der Waals surface area contributed by atoms with E-state index in [0.29, 0.717) is 0 Å². The molecule has 0 aliphatic heterocycles. The lowest BCUT2D eigenvalue weighted by molar-refractivity contribution is 1.47. The van der Waals surface area contributed by atoms with E-state index < -0.39 is 0 Å². The molecule has 0 fully saturated rings. The van der Waals surface area contributed by atoms with E-state index in [0.717, 1.165) is 0 Å². The zero-order chi connectivity index (χ0) is 11.5. The molecule has 0 saturated carbocycles. The summed E-state index contributed by atoms with van der Waals surface area (Å²) in [6.45, 7) is 6.80. The van der Waals surface area contributed by atoms with E-state index in [4.69, 9.17) is 0 Å². The van der Waals surface area contributed by atoms with Gasteiger partial charge in [-0.1, -0.05) is 56.5 Å². The number of benzene rings is 2. The van der Waals surface area contributed by atoms with Gasteiger partial charge in [-0.2, -0.15) is 0 Å². The first-order chi connectivity index (χ1) is 7.70. The molecule has 1 heteroatoms. The summed E-state index contributed by atoms with van der Waals surface area (Å²) in [5.41, 5.74) is 4.12. The minimum Gasteiger partial charge on any atom is -0.0810 e. The van der Waals surface area contributed by atoms with Crippen LogP contribution in [0.25, 0.3) is 11.1 Å². The zero-order valence-corrected chi connectivity index (χ0v) is 11.0. The predicted octanol–water partition coefficient (Wildman–Crippen LogP) is 4.03. The fraction of sp³-hybridized carbons (Fsp3) is 0.200. The highest BCUT2D eigenvalue weighted by Gasteiger charge is 2.08. The summed E-state index contributed by atoms with van der Waals surface area (Å²) < 4.78 is 0. The molecule has 0 aliphatic rings. The van der Waals surface area contributed by atoms with Gasteiger partial charge in [0, 0.05) is 0 Å². The van der Waals surface area contributed by atoms with Crippen molar-refractivity contribution in [3.63, 3.8) is 0 Å². The third-order valence-corrected chi connectivity index (χ3v) is 4.17. The lowest BCUT2D eigenvalue weighted by atomic mass is 10.0. The van der Waals surface area contributed by atoms with E-state index in [-0.39, 0.29) is 7.92 Å². The molecule has 0 spiro atoms. The topological polar surface area (TPSA) is 0 Å². The minimum absolute atomic E-state index is 0.0524. The maximum Gasteiger partial charge on any atom is -0.0105 e. The molecule has 0 aliphatic carbocycles. The molecule has 0 radical (unpaired) electrons. The van der Waals surface area contributed by atoms with Crippen LogP contribution in [-0.4, -0.2) is 13.3 Å². The Bertz CT molecular complexity index is 486. The van der Waals surface area contributed by atoms with Crippen LogP contribution in [0.15, 0.2) is 48.5 Å². The standard InChI is InChI=1S/C15H17P/c1-12-8-4-5-9-13(12)14-10-6-7-11-15(14)16(2)3/h4-11H,1-3H3. The second-order valence-electron chi connectivity index (χ2n) is 4.23. The number of aryl methyl sites for hydroxylation is 1. The van der Waals surface area contributed by atoms with Crippen molar-refractivity contribution < 1.29 is 0 Å². The van der Waals surface area contributed by atoms with E-state index in [1.807, 2.05) is 0 Å². The largest absolute Gasteiger partial charge is 0.0810 e. The summed E-state index contributed by atoms with van der Waals surface area (Å²) in [4.78, 5) is 0. The second kappa shape index (κ2) is 4.80. The van der Waals surface area contributed by atoms with E-state index in [1.165, 1.54) is 22.0 Å². The van der Waals surface area contributed by atoms with Crippen molar-refractivity contribution in [3.8, 4) is 11.1 Å². The highest BCUT2D eigenvalue weighted by molar-refractivity contribution is 7.64. The molecule has 2 aromatic rings. The summed E-state index contributed by atoms with van der Waals surface area (Å²) in [5.74, 6) is 0. The van der Waals surface area contributed by atoms with Gasteiger partial charge in [-0.3, -0.25) is 0 Å². The Morgan fingerprint density at radius 2 is 1.31 bits per heavy atom. The van der Waals surface area contributed by atoms with Crippen molar-refractivity contribution in [2.45, 2.75) is 6.92 Å². The van der Waals surface area contributed by atoms with Gasteiger partial charge in [0.1, 0.15) is 0 Å². The van der Waals surface area contributed by atoms with Gasteiger partial charge < -0.3 is 0 Å². The summed E-state index contributed by atoms with van der Waals surface area (Å²) in [7, 11) is -0.0524. The molecule has 0 atom stereocenters. The van der Waals surface area contributed by atoms with E-state index in [9.17, 15) is 0 Å². The van der Waals surface area contributed by atoms with Gasteiger partial charge in [-0.05, 0) is 42.2 Å². The van der Waals surface area contributed by atoms with Crippen LogP contribution in [0.1, 0.15) is 5.56 Å². The van der Waals surface area contributed by atoms with Crippen molar-refractivity contribution >= 4 is 13.2 Å². The quantitative estimate of drug-likeness (QED) is 0.681. The first-order valence-corrected chi connectivity index (χ1v) is 7.76. The van der Waals surface area contributed by atoms with Gasteiger partial charge in [0.25, 0.3) is 0 Å². The molecule has 2 rings (SSSR count). The molecule has 0 saturated heterocycles. The summed E-state index contributed by atoms with van der Waals surface area (Å²) in [5, 5.41) is 1.49. The molecule has 2 aromatic carbocycles. The van der Waals surface area contributed by atoms with Crippen LogP contribution in [0.3, 0.4) is 0 Å². The highest BCUT2D eigenvalue weighted by Crippen LogP contribution is 2.31. The van der Waals surface area contributed by atoms with Gasteiger partial charge in [0.2, 0.25) is 0 Å². The first kappa shape index (κ1) is 11.4. The van der Waals surface area contributed by atoms with Crippen molar-refractivity contribution in [2.24, 2.45) is 0 Å². The molecule has 0 heterocycles.